The van der Waals surface area contributed by atoms with Gasteiger partial charge in [0.15, 0.2) is 0 Å². The molecule has 1 aromatic heterocycles. The van der Waals surface area contributed by atoms with Crippen LogP contribution in [0.15, 0.2) is 54.6 Å². The molecule has 1 saturated carbocycles. The zero-order chi connectivity index (χ0) is 20.1. The van der Waals surface area contributed by atoms with Gasteiger partial charge in [-0.2, -0.15) is 0 Å². The van der Waals surface area contributed by atoms with Gasteiger partial charge in [-0.1, -0.05) is 49.6 Å². The third kappa shape index (κ3) is 4.61. The van der Waals surface area contributed by atoms with E-state index in [0.29, 0.717) is 13.2 Å². The molecule has 1 atom stereocenters. The van der Waals surface area contributed by atoms with Crippen LogP contribution in [0.1, 0.15) is 50.9 Å². The molecule has 1 unspecified atom stereocenters. The molecule has 4 rings (SSSR count). The van der Waals surface area contributed by atoms with Crippen molar-refractivity contribution in [2.75, 3.05) is 6.61 Å². The zero-order valence-corrected chi connectivity index (χ0v) is 17.0. The Balaban J connectivity index is 1.50. The molecule has 1 fully saturated rings. The Bertz CT molecular complexity index is 945. The van der Waals surface area contributed by atoms with Gasteiger partial charge in [-0.3, -0.25) is 4.79 Å². The van der Waals surface area contributed by atoms with E-state index in [-0.39, 0.29) is 17.9 Å². The average Bonchev–Trinajstić information content (AvgIpc) is 3.14. The van der Waals surface area contributed by atoms with Gasteiger partial charge in [-0.05, 0) is 44.0 Å². The van der Waals surface area contributed by atoms with Gasteiger partial charge in [0.25, 0.3) is 0 Å². The maximum atomic E-state index is 12.7. The van der Waals surface area contributed by atoms with Crippen molar-refractivity contribution in [2.45, 2.75) is 51.6 Å². The van der Waals surface area contributed by atoms with Gasteiger partial charge in [0.05, 0.1) is 23.6 Å². The maximum absolute atomic E-state index is 12.7. The van der Waals surface area contributed by atoms with E-state index in [1.54, 1.807) is 0 Å². The van der Waals surface area contributed by atoms with Crippen molar-refractivity contribution in [3.63, 3.8) is 0 Å². The fourth-order valence-corrected chi connectivity index (χ4v) is 4.19. The molecule has 5 nitrogen and oxygen atoms in total. The van der Waals surface area contributed by atoms with Crippen LogP contribution in [0.5, 0.6) is 5.75 Å². The van der Waals surface area contributed by atoms with Crippen LogP contribution in [0.25, 0.3) is 11.0 Å². The Labute approximate surface area is 172 Å². The van der Waals surface area contributed by atoms with Crippen molar-refractivity contribution in [2.24, 2.45) is 5.92 Å². The largest absolute Gasteiger partial charge is 0.492 e. The summed E-state index contributed by atoms with van der Waals surface area (Å²) in [5, 5.41) is 3.21. The van der Waals surface area contributed by atoms with Crippen LogP contribution >= 0.6 is 0 Å². The standard InChI is InChI=1S/C24H29N3O2/c1-18(25-24(28)19-10-4-2-5-11-19)23-26-21-14-8-9-15-22(21)27(23)16-17-29-20-12-6-3-7-13-20/h3,6-9,12-15,18-19H,2,4-5,10-11,16-17H2,1H3,(H,25,28). The van der Waals surface area contributed by atoms with Crippen molar-refractivity contribution in [3.8, 4) is 5.75 Å². The predicted molar refractivity (Wildman–Crippen MR) is 115 cm³/mol. The lowest BCUT2D eigenvalue weighted by Crippen LogP contribution is -2.35. The highest BCUT2D eigenvalue weighted by Gasteiger charge is 2.24. The summed E-state index contributed by atoms with van der Waals surface area (Å²) in [6, 6.07) is 17.8. The van der Waals surface area contributed by atoms with E-state index in [9.17, 15) is 4.79 Å². The van der Waals surface area contributed by atoms with Crippen LogP contribution in [-0.2, 0) is 11.3 Å². The number of fused-ring (bicyclic) bond motifs is 1. The van der Waals surface area contributed by atoms with Crippen LogP contribution in [0.2, 0.25) is 0 Å². The summed E-state index contributed by atoms with van der Waals surface area (Å²) < 4.78 is 8.07. The lowest BCUT2D eigenvalue weighted by Gasteiger charge is -2.23. The van der Waals surface area contributed by atoms with Gasteiger partial charge >= 0.3 is 0 Å². The number of carbonyl (C=O) groups excluding carboxylic acids is 1. The van der Waals surface area contributed by atoms with Crippen LogP contribution in [0, 0.1) is 5.92 Å². The first-order chi connectivity index (χ1) is 14.2. The lowest BCUT2D eigenvalue weighted by molar-refractivity contribution is -0.126. The van der Waals surface area contributed by atoms with Crippen molar-refractivity contribution in [1.82, 2.24) is 14.9 Å². The van der Waals surface area contributed by atoms with Crippen LogP contribution in [-0.4, -0.2) is 22.1 Å². The molecular formula is C24H29N3O2. The van der Waals surface area contributed by atoms with E-state index < -0.39 is 0 Å². The quantitative estimate of drug-likeness (QED) is 0.625. The molecule has 152 valence electrons. The van der Waals surface area contributed by atoms with Gasteiger partial charge in [0.1, 0.15) is 18.2 Å². The highest BCUT2D eigenvalue weighted by atomic mass is 16.5. The molecule has 29 heavy (non-hydrogen) atoms. The molecule has 0 bridgehead atoms. The Morgan fingerprint density at radius 2 is 1.83 bits per heavy atom. The van der Waals surface area contributed by atoms with Crippen LogP contribution in [0.3, 0.4) is 0 Å². The number of amides is 1. The first kappa shape index (κ1) is 19.5. The molecule has 2 aromatic carbocycles. The van der Waals surface area contributed by atoms with Gasteiger partial charge in [-0.25, -0.2) is 4.98 Å². The summed E-state index contributed by atoms with van der Waals surface area (Å²) >= 11 is 0. The Morgan fingerprint density at radius 1 is 1.10 bits per heavy atom. The first-order valence-electron chi connectivity index (χ1n) is 10.7. The number of ether oxygens (including phenoxy) is 1. The van der Waals surface area contributed by atoms with Crippen molar-refractivity contribution >= 4 is 16.9 Å². The zero-order valence-electron chi connectivity index (χ0n) is 17.0. The van der Waals surface area contributed by atoms with E-state index in [2.05, 4.69) is 16.0 Å². The molecule has 0 aliphatic heterocycles. The number of rotatable bonds is 7. The number of para-hydroxylation sites is 3. The lowest BCUT2D eigenvalue weighted by atomic mass is 9.88. The number of nitrogens with one attached hydrogen (secondary N) is 1. The minimum absolute atomic E-state index is 0.144. The van der Waals surface area contributed by atoms with Crippen molar-refractivity contribution in [1.29, 1.82) is 0 Å². The maximum Gasteiger partial charge on any atom is 0.223 e. The molecule has 1 aliphatic carbocycles. The summed E-state index contributed by atoms with van der Waals surface area (Å²) in [5.74, 6) is 2.05. The SMILES string of the molecule is CC(NC(=O)C1CCCCC1)c1nc2ccccc2n1CCOc1ccccc1. The summed E-state index contributed by atoms with van der Waals surface area (Å²) in [4.78, 5) is 17.6. The number of carbonyl (C=O) groups is 1. The second-order valence-electron chi connectivity index (χ2n) is 7.84. The minimum Gasteiger partial charge on any atom is -0.492 e. The molecular weight excluding hydrogens is 362 g/mol. The molecule has 1 amide bonds. The summed E-state index contributed by atoms with van der Waals surface area (Å²) in [6.45, 7) is 3.24. The van der Waals surface area contributed by atoms with Crippen molar-refractivity contribution in [3.05, 3.63) is 60.4 Å². The second kappa shape index (κ2) is 9.12. The number of imidazole rings is 1. The molecule has 0 spiro atoms. The number of hydrogen-bond donors (Lipinski definition) is 1. The minimum atomic E-state index is -0.145. The summed E-state index contributed by atoms with van der Waals surface area (Å²) in [7, 11) is 0. The van der Waals surface area contributed by atoms with E-state index in [0.717, 1.165) is 48.3 Å². The Morgan fingerprint density at radius 3 is 2.62 bits per heavy atom. The van der Waals surface area contributed by atoms with E-state index in [4.69, 9.17) is 9.72 Å². The van der Waals surface area contributed by atoms with Gasteiger partial charge < -0.3 is 14.6 Å². The highest BCUT2D eigenvalue weighted by molar-refractivity contribution is 5.80. The van der Waals surface area contributed by atoms with E-state index in [1.807, 2.05) is 55.5 Å². The number of aromatic nitrogens is 2. The third-order valence-corrected chi connectivity index (χ3v) is 5.73. The molecule has 3 aromatic rings. The number of hydrogen-bond acceptors (Lipinski definition) is 3. The Kier molecular flexibility index (Phi) is 6.13. The van der Waals surface area contributed by atoms with Gasteiger partial charge in [-0.15, -0.1) is 0 Å². The molecule has 0 saturated heterocycles. The predicted octanol–water partition coefficient (Wildman–Crippen LogP) is 4.87. The van der Waals surface area contributed by atoms with Gasteiger partial charge in [0.2, 0.25) is 5.91 Å². The highest BCUT2D eigenvalue weighted by Crippen LogP contribution is 2.26. The molecule has 1 heterocycles. The fourth-order valence-electron chi connectivity index (χ4n) is 4.19. The van der Waals surface area contributed by atoms with Crippen molar-refractivity contribution < 1.29 is 9.53 Å². The van der Waals surface area contributed by atoms with Crippen LogP contribution in [0.4, 0.5) is 0 Å². The number of nitrogens with zero attached hydrogens (tertiary/aromatic N) is 2. The normalized spacial score (nSPS) is 15.9. The monoisotopic (exact) mass is 391 g/mol. The second-order valence-corrected chi connectivity index (χ2v) is 7.84. The van der Waals surface area contributed by atoms with E-state index in [1.165, 1.54) is 6.42 Å². The third-order valence-electron chi connectivity index (χ3n) is 5.73. The molecule has 1 N–H and O–H groups in total. The fraction of sp³-hybridized carbons (Fsp3) is 0.417. The average molecular weight is 392 g/mol. The first-order valence-corrected chi connectivity index (χ1v) is 10.7. The number of benzene rings is 2. The molecule has 1 aliphatic rings. The van der Waals surface area contributed by atoms with Gasteiger partial charge in [0, 0.05) is 5.92 Å². The smallest absolute Gasteiger partial charge is 0.223 e. The molecule has 0 radical (unpaired) electrons. The summed E-state index contributed by atoms with van der Waals surface area (Å²) in [5.41, 5.74) is 2.01. The Hall–Kier alpha value is -2.82. The molecule has 5 heteroatoms. The van der Waals surface area contributed by atoms with Crippen LogP contribution < -0.4 is 10.1 Å². The topological polar surface area (TPSA) is 56.2 Å². The van der Waals surface area contributed by atoms with E-state index >= 15 is 0 Å². The summed E-state index contributed by atoms with van der Waals surface area (Å²) in [6.07, 6.45) is 5.56.